The van der Waals surface area contributed by atoms with Gasteiger partial charge < -0.3 is 0 Å². The van der Waals surface area contributed by atoms with E-state index in [9.17, 15) is 9.59 Å². The van der Waals surface area contributed by atoms with E-state index < -0.39 is 5.24 Å². The van der Waals surface area contributed by atoms with Crippen molar-refractivity contribution < 1.29 is 9.59 Å². The Morgan fingerprint density at radius 2 is 2.08 bits per heavy atom. The Morgan fingerprint density at radius 1 is 1.31 bits per heavy atom. The number of benzene rings is 1. The van der Waals surface area contributed by atoms with Crippen LogP contribution in [0, 0.1) is 0 Å². The summed E-state index contributed by atoms with van der Waals surface area (Å²) in [6, 6.07) is 5.10. The Balaban J connectivity index is 2.63. The van der Waals surface area contributed by atoms with Crippen molar-refractivity contribution in [2.45, 2.75) is 12.8 Å². The van der Waals surface area contributed by atoms with Gasteiger partial charge >= 0.3 is 0 Å². The van der Waals surface area contributed by atoms with Crippen LogP contribution < -0.4 is 0 Å². The second kappa shape index (κ2) is 2.96. The van der Waals surface area contributed by atoms with Gasteiger partial charge in [-0.3, -0.25) is 9.59 Å². The van der Waals surface area contributed by atoms with Crippen LogP contribution in [0.2, 0.25) is 0 Å². The normalized spacial score (nSPS) is 14.4. The fraction of sp³-hybridized carbons (Fsp3) is 0.200. The van der Waals surface area contributed by atoms with E-state index in [-0.39, 0.29) is 5.78 Å². The number of ketones is 1. The lowest BCUT2D eigenvalue weighted by Crippen LogP contribution is -1.97. The van der Waals surface area contributed by atoms with Crippen LogP contribution in [0.3, 0.4) is 0 Å². The minimum absolute atomic E-state index is 0.106. The molecule has 1 aromatic rings. The lowest BCUT2D eigenvalue weighted by atomic mass is 10.0. The highest BCUT2D eigenvalue weighted by Crippen LogP contribution is 2.26. The van der Waals surface area contributed by atoms with E-state index in [0.29, 0.717) is 24.0 Å². The summed E-state index contributed by atoms with van der Waals surface area (Å²) in [5.74, 6) is 0.106. The summed E-state index contributed by atoms with van der Waals surface area (Å²) in [5.41, 5.74) is 1.95. The summed E-state index contributed by atoms with van der Waals surface area (Å²) in [6.45, 7) is 0. The molecule has 0 saturated heterocycles. The molecule has 0 aromatic heterocycles. The second-order valence-electron chi connectivity index (χ2n) is 3.03. The number of fused-ring (bicyclic) bond motifs is 1. The SMILES string of the molecule is O=C(Cl)c1cccc2c1CCC2=O. The molecule has 1 aliphatic rings. The first-order chi connectivity index (χ1) is 6.20. The molecular weight excluding hydrogens is 188 g/mol. The molecule has 0 N–H and O–H groups in total. The van der Waals surface area contributed by atoms with Gasteiger partial charge in [-0.2, -0.15) is 0 Å². The van der Waals surface area contributed by atoms with E-state index in [2.05, 4.69) is 0 Å². The van der Waals surface area contributed by atoms with Crippen molar-refractivity contribution >= 4 is 22.6 Å². The van der Waals surface area contributed by atoms with Crippen molar-refractivity contribution in [1.29, 1.82) is 0 Å². The van der Waals surface area contributed by atoms with Gasteiger partial charge in [0.2, 0.25) is 0 Å². The second-order valence-corrected chi connectivity index (χ2v) is 3.37. The summed E-state index contributed by atoms with van der Waals surface area (Å²) in [5, 5.41) is -0.480. The molecular formula is C10H7ClO2. The van der Waals surface area contributed by atoms with Crippen molar-refractivity contribution in [2.75, 3.05) is 0 Å². The van der Waals surface area contributed by atoms with Crippen LogP contribution in [0.1, 0.15) is 32.7 Å². The van der Waals surface area contributed by atoms with Crippen molar-refractivity contribution in [2.24, 2.45) is 0 Å². The van der Waals surface area contributed by atoms with Crippen molar-refractivity contribution in [3.8, 4) is 0 Å². The van der Waals surface area contributed by atoms with Crippen molar-refractivity contribution in [1.82, 2.24) is 0 Å². The highest BCUT2D eigenvalue weighted by molar-refractivity contribution is 6.68. The Hall–Kier alpha value is -1.15. The molecule has 0 atom stereocenters. The largest absolute Gasteiger partial charge is 0.294 e. The highest BCUT2D eigenvalue weighted by Gasteiger charge is 2.23. The quantitative estimate of drug-likeness (QED) is 0.643. The van der Waals surface area contributed by atoms with Gasteiger partial charge in [-0.05, 0) is 29.7 Å². The zero-order valence-electron chi connectivity index (χ0n) is 6.84. The molecule has 0 spiro atoms. The third-order valence-electron chi connectivity index (χ3n) is 2.29. The Labute approximate surface area is 80.5 Å². The molecule has 0 saturated carbocycles. The molecule has 0 amide bonds. The standard InChI is InChI=1S/C10H7ClO2/c11-10(13)8-3-1-2-7-6(8)4-5-9(7)12/h1-3H,4-5H2. The van der Waals surface area contributed by atoms with E-state index in [4.69, 9.17) is 11.6 Å². The predicted octanol–water partition coefficient (Wildman–Crippen LogP) is 2.19. The summed E-state index contributed by atoms with van der Waals surface area (Å²) in [6.07, 6.45) is 1.14. The molecule has 2 nitrogen and oxygen atoms in total. The van der Waals surface area contributed by atoms with Crippen molar-refractivity contribution in [3.63, 3.8) is 0 Å². The third-order valence-corrected chi connectivity index (χ3v) is 2.49. The molecule has 13 heavy (non-hydrogen) atoms. The number of halogens is 1. The average Bonchev–Trinajstić information content (AvgIpc) is 2.48. The van der Waals surface area contributed by atoms with Crippen LogP contribution in [-0.4, -0.2) is 11.0 Å². The van der Waals surface area contributed by atoms with E-state index in [0.717, 1.165) is 5.56 Å². The zero-order chi connectivity index (χ0) is 9.42. The van der Waals surface area contributed by atoms with Crippen LogP contribution in [-0.2, 0) is 6.42 Å². The van der Waals surface area contributed by atoms with E-state index in [1.807, 2.05) is 0 Å². The molecule has 0 aliphatic heterocycles. The van der Waals surface area contributed by atoms with Gasteiger partial charge in [0.1, 0.15) is 0 Å². The summed E-state index contributed by atoms with van der Waals surface area (Å²) >= 11 is 5.38. The predicted molar refractivity (Wildman–Crippen MR) is 49.3 cm³/mol. The maximum Gasteiger partial charge on any atom is 0.252 e. The Bertz CT molecular complexity index is 396. The van der Waals surface area contributed by atoms with Crippen LogP contribution in [0.5, 0.6) is 0 Å². The lowest BCUT2D eigenvalue weighted by molar-refractivity contribution is 0.0994. The molecule has 0 heterocycles. The van der Waals surface area contributed by atoms with Gasteiger partial charge in [0.05, 0.1) is 0 Å². The number of rotatable bonds is 1. The zero-order valence-corrected chi connectivity index (χ0v) is 7.60. The molecule has 3 heteroatoms. The van der Waals surface area contributed by atoms with Gasteiger partial charge in [0.15, 0.2) is 5.78 Å². The first kappa shape index (κ1) is 8.45. The first-order valence-electron chi connectivity index (χ1n) is 4.05. The van der Waals surface area contributed by atoms with E-state index in [1.165, 1.54) is 0 Å². The summed E-state index contributed by atoms with van der Waals surface area (Å²) in [7, 11) is 0. The molecule has 1 aliphatic carbocycles. The minimum atomic E-state index is -0.480. The molecule has 2 rings (SSSR count). The number of hydrogen-bond acceptors (Lipinski definition) is 2. The van der Waals surface area contributed by atoms with Crippen LogP contribution in [0.4, 0.5) is 0 Å². The Morgan fingerprint density at radius 3 is 2.77 bits per heavy atom. The van der Waals surface area contributed by atoms with Crippen LogP contribution in [0.25, 0.3) is 0 Å². The number of Topliss-reactive ketones (excluding diaryl/α,β-unsaturated/α-hetero) is 1. The molecule has 0 bridgehead atoms. The van der Waals surface area contributed by atoms with Crippen LogP contribution >= 0.6 is 11.6 Å². The summed E-state index contributed by atoms with van der Waals surface area (Å²) in [4.78, 5) is 22.3. The van der Waals surface area contributed by atoms with Gasteiger partial charge in [0.25, 0.3) is 5.24 Å². The number of carbonyl (C=O) groups excluding carboxylic acids is 2. The van der Waals surface area contributed by atoms with Gasteiger partial charge in [-0.1, -0.05) is 12.1 Å². The molecule has 66 valence electrons. The molecule has 1 aromatic carbocycles. The summed E-state index contributed by atoms with van der Waals surface area (Å²) < 4.78 is 0. The smallest absolute Gasteiger partial charge is 0.252 e. The monoisotopic (exact) mass is 194 g/mol. The van der Waals surface area contributed by atoms with E-state index in [1.54, 1.807) is 18.2 Å². The minimum Gasteiger partial charge on any atom is -0.294 e. The fourth-order valence-corrected chi connectivity index (χ4v) is 1.85. The first-order valence-corrected chi connectivity index (χ1v) is 4.43. The fourth-order valence-electron chi connectivity index (χ4n) is 1.67. The average molecular weight is 195 g/mol. The van der Waals surface area contributed by atoms with Gasteiger partial charge in [-0.15, -0.1) is 0 Å². The molecule has 0 fully saturated rings. The molecule has 0 unspecified atom stereocenters. The van der Waals surface area contributed by atoms with Crippen LogP contribution in [0.15, 0.2) is 18.2 Å². The van der Waals surface area contributed by atoms with Gasteiger partial charge in [-0.25, -0.2) is 0 Å². The Kier molecular flexibility index (Phi) is 1.93. The third kappa shape index (κ3) is 1.27. The maximum atomic E-state index is 11.3. The van der Waals surface area contributed by atoms with Gasteiger partial charge in [0, 0.05) is 17.5 Å². The van der Waals surface area contributed by atoms with Crippen molar-refractivity contribution in [3.05, 3.63) is 34.9 Å². The topological polar surface area (TPSA) is 34.1 Å². The highest BCUT2D eigenvalue weighted by atomic mass is 35.5. The maximum absolute atomic E-state index is 11.3. The number of carbonyl (C=O) groups is 2. The lowest BCUT2D eigenvalue weighted by Gasteiger charge is -2.01. The number of hydrogen-bond donors (Lipinski definition) is 0. The molecule has 0 radical (unpaired) electrons. The van der Waals surface area contributed by atoms with E-state index >= 15 is 0 Å².